The summed E-state index contributed by atoms with van der Waals surface area (Å²) in [4.78, 5) is 8.88. The Bertz CT molecular complexity index is 674. The summed E-state index contributed by atoms with van der Waals surface area (Å²) in [6.07, 6.45) is 0. The van der Waals surface area contributed by atoms with E-state index in [4.69, 9.17) is 4.52 Å². The van der Waals surface area contributed by atoms with Gasteiger partial charge in [-0.1, -0.05) is 35.5 Å². The van der Waals surface area contributed by atoms with E-state index in [2.05, 4.69) is 15.1 Å². The number of hydrogen-bond donors (Lipinski definition) is 0. The molecule has 0 saturated carbocycles. The van der Waals surface area contributed by atoms with Gasteiger partial charge in [0.25, 0.3) is 5.71 Å². The molecule has 0 spiro atoms. The second-order valence-electron chi connectivity index (χ2n) is 3.95. The van der Waals surface area contributed by atoms with Crippen LogP contribution in [-0.4, -0.2) is 15.1 Å². The summed E-state index contributed by atoms with van der Waals surface area (Å²) in [5, 5.41) is 4.82. The Hall–Kier alpha value is -2.23. The first-order valence-corrected chi connectivity index (χ1v) is 5.42. The van der Waals surface area contributed by atoms with Gasteiger partial charge in [0.1, 0.15) is 0 Å². The Morgan fingerprint density at radius 2 is 1.71 bits per heavy atom. The molecule has 0 unspecified atom stereocenters. The van der Waals surface area contributed by atoms with Crippen LogP contribution in [0.3, 0.4) is 0 Å². The monoisotopic (exact) mass is 225 g/mol. The van der Waals surface area contributed by atoms with Gasteiger partial charge in [-0.15, -0.1) is 0 Å². The SMILES string of the molecule is Cc1noc2nc(-c3ccccc3)nc(C)c12. The second-order valence-corrected chi connectivity index (χ2v) is 3.95. The summed E-state index contributed by atoms with van der Waals surface area (Å²) in [5.41, 5.74) is 3.25. The molecular formula is C13H11N3O. The van der Waals surface area contributed by atoms with E-state index in [0.717, 1.165) is 22.3 Å². The second kappa shape index (κ2) is 3.66. The molecule has 2 heterocycles. The molecule has 84 valence electrons. The standard InChI is InChI=1S/C13H11N3O/c1-8-11-9(2)16-17-13(11)15-12(14-8)10-6-4-3-5-7-10/h3-7H,1-2H3. The van der Waals surface area contributed by atoms with Crippen LogP contribution in [0.1, 0.15) is 11.4 Å². The van der Waals surface area contributed by atoms with Crippen molar-refractivity contribution in [2.45, 2.75) is 13.8 Å². The van der Waals surface area contributed by atoms with Crippen molar-refractivity contribution in [3.8, 4) is 11.4 Å². The lowest BCUT2D eigenvalue weighted by molar-refractivity contribution is 0.443. The maximum Gasteiger partial charge on any atom is 0.261 e. The first kappa shape index (κ1) is 9.96. The third kappa shape index (κ3) is 1.58. The predicted octanol–water partition coefficient (Wildman–Crippen LogP) is 2.90. The molecule has 0 aliphatic heterocycles. The Morgan fingerprint density at radius 1 is 0.941 bits per heavy atom. The van der Waals surface area contributed by atoms with Gasteiger partial charge in [0.2, 0.25) is 0 Å². The third-order valence-corrected chi connectivity index (χ3v) is 2.72. The fraction of sp³-hybridized carbons (Fsp3) is 0.154. The van der Waals surface area contributed by atoms with E-state index in [9.17, 15) is 0 Å². The number of aryl methyl sites for hydroxylation is 2. The summed E-state index contributed by atoms with van der Waals surface area (Å²) in [7, 11) is 0. The number of benzene rings is 1. The van der Waals surface area contributed by atoms with Crippen molar-refractivity contribution in [1.29, 1.82) is 0 Å². The lowest BCUT2D eigenvalue weighted by atomic mass is 10.2. The van der Waals surface area contributed by atoms with Gasteiger partial charge in [-0.25, -0.2) is 4.98 Å². The Kier molecular flexibility index (Phi) is 2.14. The zero-order valence-corrected chi connectivity index (χ0v) is 9.64. The van der Waals surface area contributed by atoms with Gasteiger partial charge in [-0.2, -0.15) is 4.98 Å². The minimum Gasteiger partial charge on any atom is -0.335 e. The van der Waals surface area contributed by atoms with Crippen LogP contribution in [0.5, 0.6) is 0 Å². The Labute approximate surface area is 98.3 Å². The fourth-order valence-corrected chi connectivity index (χ4v) is 1.90. The van der Waals surface area contributed by atoms with Crippen molar-refractivity contribution < 1.29 is 4.52 Å². The van der Waals surface area contributed by atoms with Gasteiger partial charge in [0, 0.05) is 5.56 Å². The first-order valence-electron chi connectivity index (χ1n) is 5.42. The number of nitrogens with zero attached hydrogens (tertiary/aromatic N) is 3. The molecule has 0 N–H and O–H groups in total. The van der Waals surface area contributed by atoms with E-state index in [1.54, 1.807) is 0 Å². The minimum atomic E-state index is 0.550. The average Bonchev–Trinajstić information content (AvgIpc) is 2.73. The van der Waals surface area contributed by atoms with Gasteiger partial charge < -0.3 is 4.52 Å². The molecule has 4 heteroatoms. The molecule has 0 aliphatic carbocycles. The number of hydrogen-bond acceptors (Lipinski definition) is 4. The smallest absolute Gasteiger partial charge is 0.261 e. The van der Waals surface area contributed by atoms with E-state index < -0.39 is 0 Å². The van der Waals surface area contributed by atoms with Crippen molar-refractivity contribution in [2.75, 3.05) is 0 Å². The van der Waals surface area contributed by atoms with Crippen molar-refractivity contribution in [3.63, 3.8) is 0 Å². The molecule has 2 aromatic heterocycles. The van der Waals surface area contributed by atoms with Gasteiger partial charge in [0.15, 0.2) is 5.82 Å². The molecule has 0 amide bonds. The van der Waals surface area contributed by atoms with Crippen LogP contribution in [0, 0.1) is 13.8 Å². The zero-order chi connectivity index (χ0) is 11.8. The molecule has 3 aromatic rings. The van der Waals surface area contributed by atoms with E-state index in [1.165, 1.54) is 0 Å². The van der Waals surface area contributed by atoms with Gasteiger partial charge in [-0.05, 0) is 13.8 Å². The van der Waals surface area contributed by atoms with Gasteiger partial charge in [0.05, 0.1) is 16.8 Å². The summed E-state index contributed by atoms with van der Waals surface area (Å²) >= 11 is 0. The summed E-state index contributed by atoms with van der Waals surface area (Å²) in [5.74, 6) is 0.673. The average molecular weight is 225 g/mol. The normalized spacial score (nSPS) is 10.9. The van der Waals surface area contributed by atoms with Crippen molar-refractivity contribution in [1.82, 2.24) is 15.1 Å². The molecular weight excluding hydrogens is 214 g/mol. The zero-order valence-electron chi connectivity index (χ0n) is 9.64. The molecule has 0 radical (unpaired) electrons. The van der Waals surface area contributed by atoms with Crippen LogP contribution >= 0.6 is 0 Å². The summed E-state index contributed by atoms with van der Waals surface area (Å²) in [6, 6.07) is 9.84. The lowest BCUT2D eigenvalue weighted by Gasteiger charge is -2.01. The van der Waals surface area contributed by atoms with Crippen LogP contribution in [0.2, 0.25) is 0 Å². The number of fused-ring (bicyclic) bond motifs is 1. The number of aromatic nitrogens is 3. The van der Waals surface area contributed by atoms with Crippen LogP contribution in [-0.2, 0) is 0 Å². The quantitative estimate of drug-likeness (QED) is 0.639. The van der Waals surface area contributed by atoms with Crippen molar-refractivity contribution in [3.05, 3.63) is 41.7 Å². The fourth-order valence-electron chi connectivity index (χ4n) is 1.90. The highest BCUT2D eigenvalue weighted by Crippen LogP contribution is 2.23. The molecule has 1 aromatic carbocycles. The Balaban J connectivity index is 2.26. The van der Waals surface area contributed by atoms with Gasteiger partial charge >= 0.3 is 0 Å². The molecule has 0 aliphatic rings. The maximum absolute atomic E-state index is 5.19. The Morgan fingerprint density at radius 3 is 2.47 bits per heavy atom. The molecule has 0 atom stereocenters. The highest BCUT2D eigenvalue weighted by Gasteiger charge is 2.12. The minimum absolute atomic E-state index is 0.550. The van der Waals surface area contributed by atoms with Crippen molar-refractivity contribution >= 4 is 11.1 Å². The highest BCUT2D eigenvalue weighted by molar-refractivity contribution is 5.80. The van der Waals surface area contributed by atoms with Crippen LogP contribution < -0.4 is 0 Å². The molecule has 4 nitrogen and oxygen atoms in total. The largest absolute Gasteiger partial charge is 0.335 e. The van der Waals surface area contributed by atoms with Crippen LogP contribution in [0.25, 0.3) is 22.5 Å². The summed E-state index contributed by atoms with van der Waals surface area (Å²) in [6.45, 7) is 3.84. The van der Waals surface area contributed by atoms with Crippen LogP contribution in [0.4, 0.5) is 0 Å². The number of rotatable bonds is 1. The third-order valence-electron chi connectivity index (χ3n) is 2.72. The summed E-state index contributed by atoms with van der Waals surface area (Å²) < 4.78 is 5.19. The van der Waals surface area contributed by atoms with E-state index in [1.807, 2.05) is 44.2 Å². The maximum atomic E-state index is 5.19. The van der Waals surface area contributed by atoms with Gasteiger partial charge in [-0.3, -0.25) is 0 Å². The predicted molar refractivity (Wildman–Crippen MR) is 64.5 cm³/mol. The molecule has 0 saturated heterocycles. The highest BCUT2D eigenvalue weighted by atomic mass is 16.5. The van der Waals surface area contributed by atoms with E-state index in [-0.39, 0.29) is 0 Å². The van der Waals surface area contributed by atoms with E-state index in [0.29, 0.717) is 11.5 Å². The molecule has 17 heavy (non-hydrogen) atoms. The first-order chi connectivity index (χ1) is 8.25. The van der Waals surface area contributed by atoms with Crippen molar-refractivity contribution in [2.24, 2.45) is 0 Å². The lowest BCUT2D eigenvalue weighted by Crippen LogP contribution is -1.92. The van der Waals surface area contributed by atoms with Crippen LogP contribution in [0.15, 0.2) is 34.9 Å². The topological polar surface area (TPSA) is 51.8 Å². The molecule has 0 bridgehead atoms. The molecule has 3 rings (SSSR count). The molecule has 0 fully saturated rings. The van der Waals surface area contributed by atoms with E-state index >= 15 is 0 Å².